The van der Waals surface area contributed by atoms with Crippen molar-refractivity contribution in [2.24, 2.45) is 5.92 Å². The van der Waals surface area contributed by atoms with E-state index >= 15 is 0 Å². The van der Waals surface area contributed by atoms with Crippen LogP contribution in [0.1, 0.15) is 30.0 Å². The Morgan fingerprint density at radius 3 is 2.29 bits per heavy atom. The largest absolute Gasteiger partial charge is 0.354 e. The lowest BCUT2D eigenvalue weighted by atomic mass is 9.97. The maximum atomic E-state index is 13.6. The van der Waals surface area contributed by atoms with Gasteiger partial charge in [-0.3, -0.25) is 9.10 Å². The van der Waals surface area contributed by atoms with E-state index in [1.54, 1.807) is 49.4 Å². The second-order valence-corrected chi connectivity index (χ2v) is 10.8. The number of aryl methyl sites for hydroxylation is 2. The molecular weight excluding hydrogens is 468 g/mol. The molecule has 0 aliphatic carbocycles. The molecule has 1 unspecified atom stereocenters. The van der Waals surface area contributed by atoms with Crippen LogP contribution in [0.2, 0.25) is 5.02 Å². The van der Waals surface area contributed by atoms with Crippen LogP contribution in [-0.4, -0.2) is 27.4 Å². The number of benzene rings is 3. The molecule has 1 atom stereocenters. The quantitative estimate of drug-likeness (QED) is 0.399. The van der Waals surface area contributed by atoms with Crippen LogP contribution >= 0.6 is 11.6 Å². The summed E-state index contributed by atoms with van der Waals surface area (Å²) < 4.78 is 28.3. The monoisotopic (exact) mass is 498 g/mol. The van der Waals surface area contributed by atoms with Crippen molar-refractivity contribution in [2.45, 2.75) is 38.5 Å². The van der Waals surface area contributed by atoms with Crippen LogP contribution in [0.4, 0.5) is 5.69 Å². The standard InChI is InChI=1S/C27H31ClN2O3S/c1-4-22(17-23-8-6-5-7-9-23)18-29-27(31)19-30(26-15-12-24(28)16-21(26)3)34(32,33)25-13-10-20(2)11-14-25/h5-16,22H,4,17-19H2,1-3H3,(H,29,31). The van der Waals surface area contributed by atoms with Gasteiger partial charge in [-0.15, -0.1) is 0 Å². The van der Waals surface area contributed by atoms with Gasteiger partial charge in [-0.05, 0) is 67.6 Å². The first-order valence-electron chi connectivity index (χ1n) is 11.4. The van der Waals surface area contributed by atoms with E-state index in [1.807, 2.05) is 25.1 Å². The number of nitrogens with zero attached hydrogens (tertiary/aromatic N) is 1. The maximum absolute atomic E-state index is 13.6. The third-order valence-corrected chi connectivity index (χ3v) is 7.87. The molecule has 7 heteroatoms. The fraction of sp³-hybridized carbons (Fsp3) is 0.296. The first-order valence-corrected chi connectivity index (χ1v) is 13.2. The summed E-state index contributed by atoms with van der Waals surface area (Å²) in [4.78, 5) is 13.1. The van der Waals surface area contributed by atoms with Gasteiger partial charge in [0.25, 0.3) is 10.0 Å². The zero-order valence-corrected chi connectivity index (χ0v) is 21.4. The highest BCUT2D eigenvalue weighted by Crippen LogP contribution is 2.29. The number of carbonyl (C=O) groups is 1. The van der Waals surface area contributed by atoms with Gasteiger partial charge in [0.05, 0.1) is 10.6 Å². The molecule has 0 saturated heterocycles. The van der Waals surface area contributed by atoms with Gasteiger partial charge in [-0.1, -0.05) is 73.0 Å². The summed E-state index contributed by atoms with van der Waals surface area (Å²) in [6.07, 6.45) is 1.75. The van der Waals surface area contributed by atoms with Crippen molar-refractivity contribution in [3.8, 4) is 0 Å². The molecule has 0 radical (unpaired) electrons. The molecule has 0 saturated carbocycles. The summed E-state index contributed by atoms with van der Waals surface area (Å²) in [5.41, 5.74) is 3.27. The van der Waals surface area contributed by atoms with Gasteiger partial charge in [0, 0.05) is 11.6 Å². The lowest BCUT2D eigenvalue weighted by Gasteiger charge is -2.26. The molecule has 3 aromatic carbocycles. The lowest BCUT2D eigenvalue weighted by molar-refractivity contribution is -0.119. The predicted molar refractivity (Wildman–Crippen MR) is 139 cm³/mol. The molecule has 0 fully saturated rings. The van der Waals surface area contributed by atoms with E-state index < -0.39 is 10.0 Å². The Morgan fingerprint density at radius 2 is 1.68 bits per heavy atom. The van der Waals surface area contributed by atoms with E-state index in [0.29, 0.717) is 22.8 Å². The van der Waals surface area contributed by atoms with Crippen LogP contribution in [0.25, 0.3) is 0 Å². The first kappa shape index (κ1) is 25.8. The summed E-state index contributed by atoms with van der Waals surface area (Å²) in [5.74, 6) is -0.0951. The average molecular weight is 499 g/mol. The highest BCUT2D eigenvalue weighted by Gasteiger charge is 2.28. The number of hydrogen-bond acceptors (Lipinski definition) is 3. The van der Waals surface area contributed by atoms with Gasteiger partial charge < -0.3 is 5.32 Å². The average Bonchev–Trinajstić information content (AvgIpc) is 2.81. The van der Waals surface area contributed by atoms with Gasteiger partial charge in [0.2, 0.25) is 5.91 Å². The molecule has 3 rings (SSSR count). The summed E-state index contributed by atoms with van der Waals surface area (Å²) in [6.45, 7) is 5.92. The molecule has 180 valence electrons. The number of halogens is 1. The summed E-state index contributed by atoms with van der Waals surface area (Å²) in [5, 5.41) is 3.45. The number of amides is 1. The first-order chi connectivity index (χ1) is 16.2. The van der Waals surface area contributed by atoms with E-state index in [0.717, 1.165) is 22.7 Å². The Labute approximate surface area is 207 Å². The zero-order chi connectivity index (χ0) is 24.7. The zero-order valence-electron chi connectivity index (χ0n) is 19.8. The van der Waals surface area contributed by atoms with Crippen molar-refractivity contribution in [3.63, 3.8) is 0 Å². The molecule has 1 amide bonds. The normalized spacial score (nSPS) is 12.2. The van der Waals surface area contributed by atoms with Crippen molar-refractivity contribution in [2.75, 3.05) is 17.4 Å². The van der Waals surface area contributed by atoms with Crippen molar-refractivity contribution in [3.05, 3.63) is 94.5 Å². The molecular formula is C27H31ClN2O3S. The van der Waals surface area contributed by atoms with Crippen molar-refractivity contribution < 1.29 is 13.2 Å². The minimum atomic E-state index is -3.96. The van der Waals surface area contributed by atoms with Crippen LogP contribution in [-0.2, 0) is 21.2 Å². The molecule has 0 spiro atoms. The van der Waals surface area contributed by atoms with Crippen LogP contribution in [0.15, 0.2) is 77.7 Å². The fourth-order valence-electron chi connectivity index (χ4n) is 3.79. The van der Waals surface area contributed by atoms with Crippen LogP contribution < -0.4 is 9.62 Å². The maximum Gasteiger partial charge on any atom is 0.264 e. The molecule has 0 heterocycles. The second kappa shape index (κ2) is 11.5. The lowest BCUT2D eigenvalue weighted by Crippen LogP contribution is -2.42. The Bertz CT molecular complexity index is 1210. The van der Waals surface area contributed by atoms with Crippen molar-refractivity contribution in [1.82, 2.24) is 5.32 Å². The Kier molecular flexibility index (Phi) is 8.75. The van der Waals surface area contributed by atoms with Gasteiger partial charge in [0.1, 0.15) is 6.54 Å². The molecule has 3 aromatic rings. The van der Waals surface area contributed by atoms with E-state index in [2.05, 4.69) is 24.4 Å². The molecule has 0 bridgehead atoms. The highest BCUT2D eigenvalue weighted by molar-refractivity contribution is 7.92. The van der Waals surface area contributed by atoms with Crippen LogP contribution in [0, 0.1) is 19.8 Å². The number of anilines is 1. The number of nitrogens with one attached hydrogen (secondary N) is 1. The van der Waals surface area contributed by atoms with Crippen LogP contribution in [0.3, 0.4) is 0 Å². The van der Waals surface area contributed by atoms with E-state index in [-0.39, 0.29) is 23.3 Å². The van der Waals surface area contributed by atoms with E-state index in [1.165, 1.54) is 5.56 Å². The Balaban J connectivity index is 1.81. The topological polar surface area (TPSA) is 66.5 Å². The number of sulfonamides is 1. The Hall–Kier alpha value is -2.83. The van der Waals surface area contributed by atoms with Crippen molar-refractivity contribution in [1.29, 1.82) is 0 Å². The summed E-state index contributed by atoms with van der Waals surface area (Å²) in [7, 11) is -3.96. The Morgan fingerprint density at radius 1 is 1.00 bits per heavy atom. The molecule has 0 aliphatic heterocycles. The van der Waals surface area contributed by atoms with Crippen molar-refractivity contribution >= 4 is 33.2 Å². The van der Waals surface area contributed by atoms with Crippen LogP contribution in [0.5, 0.6) is 0 Å². The molecule has 0 aliphatic rings. The number of carbonyl (C=O) groups excluding carboxylic acids is 1. The highest BCUT2D eigenvalue weighted by atomic mass is 35.5. The van der Waals surface area contributed by atoms with Gasteiger partial charge in [0.15, 0.2) is 0 Å². The van der Waals surface area contributed by atoms with Gasteiger partial charge in [-0.25, -0.2) is 8.42 Å². The smallest absolute Gasteiger partial charge is 0.264 e. The SMILES string of the molecule is CCC(CNC(=O)CN(c1ccc(Cl)cc1C)S(=O)(=O)c1ccc(C)cc1)Cc1ccccc1. The third kappa shape index (κ3) is 6.61. The second-order valence-electron chi connectivity index (χ2n) is 8.52. The fourth-order valence-corrected chi connectivity index (χ4v) is 5.50. The number of hydrogen-bond donors (Lipinski definition) is 1. The minimum Gasteiger partial charge on any atom is -0.354 e. The van der Waals surface area contributed by atoms with Gasteiger partial charge >= 0.3 is 0 Å². The molecule has 1 N–H and O–H groups in total. The van der Waals surface area contributed by atoms with E-state index in [9.17, 15) is 13.2 Å². The predicted octanol–water partition coefficient (Wildman–Crippen LogP) is 5.54. The summed E-state index contributed by atoms with van der Waals surface area (Å²) >= 11 is 6.10. The minimum absolute atomic E-state index is 0.135. The molecule has 0 aromatic heterocycles. The molecule has 5 nitrogen and oxygen atoms in total. The number of rotatable bonds is 10. The van der Waals surface area contributed by atoms with E-state index in [4.69, 9.17) is 11.6 Å². The summed E-state index contributed by atoms with van der Waals surface area (Å²) in [6, 6.07) is 21.7. The third-order valence-electron chi connectivity index (χ3n) is 5.86. The molecule has 34 heavy (non-hydrogen) atoms. The van der Waals surface area contributed by atoms with Gasteiger partial charge in [-0.2, -0.15) is 0 Å².